The predicted octanol–water partition coefficient (Wildman–Crippen LogP) is 2.77. The maximum Gasteiger partial charge on any atom is 0.494 e. The summed E-state index contributed by atoms with van der Waals surface area (Å²) >= 11 is 0. The van der Waals surface area contributed by atoms with Gasteiger partial charge in [-0.1, -0.05) is 30.3 Å². The Kier molecular flexibility index (Phi) is 5.86. The molecule has 0 N–H and O–H groups in total. The molecule has 0 spiro atoms. The molecule has 0 radical (unpaired) electrons. The van der Waals surface area contributed by atoms with E-state index in [0.29, 0.717) is 5.75 Å². The van der Waals surface area contributed by atoms with Crippen molar-refractivity contribution in [3.8, 4) is 5.75 Å². The highest BCUT2D eigenvalue weighted by molar-refractivity contribution is 7.86. The average molecular weight is 404 g/mol. The topological polar surface area (TPSA) is 71.1 Å². The molecule has 3 rings (SSSR count). The Hall–Kier alpha value is -1.87. The van der Waals surface area contributed by atoms with Crippen LogP contribution in [0.4, 0.5) is 0 Å². The largest absolute Gasteiger partial charge is 0.494 e. The second kappa shape index (κ2) is 7.87. The van der Waals surface area contributed by atoms with Gasteiger partial charge in [0, 0.05) is 0 Å². The van der Waals surface area contributed by atoms with Crippen LogP contribution in [-0.4, -0.2) is 40.0 Å². The first-order chi connectivity index (χ1) is 13.1. The van der Waals surface area contributed by atoms with Crippen LogP contribution in [0.25, 0.3) is 0 Å². The van der Waals surface area contributed by atoms with E-state index in [1.165, 1.54) is 12.1 Å². The highest BCUT2D eigenvalue weighted by Crippen LogP contribution is 2.36. The lowest BCUT2D eigenvalue weighted by atomic mass is 9.79. The van der Waals surface area contributed by atoms with Gasteiger partial charge in [-0.3, -0.25) is 4.18 Å². The van der Waals surface area contributed by atoms with Gasteiger partial charge in [0.2, 0.25) is 0 Å². The molecule has 2 aromatic carbocycles. The van der Waals surface area contributed by atoms with Crippen LogP contribution in [0.1, 0.15) is 27.7 Å². The Balaban J connectivity index is 1.50. The summed E-state index contributed by atoms with van der Waals surface area (Å²) in [6, 6.07) is 15.4. The summed E-state index contributed by atoms with van der Waals surface area (Å²) in [5.74, 6) is 0.612. The Bertz CT molecular complexity index is 878. The number of hydrogen-bond donors (Lipinski definition) is 0. The molecule has 150 valence electrons. The molecule has 1 heterocycles. The minimum Gasteiger partial charge on any atom is -0.491 e. The molecule has 0 aromatic heterocycles. The second-order valence-electron chi connectivity index (χ2n) is 7.59. The summed E-state index contributed by atoms with van der Waals surface area (Å²) in [5.41, 5.74) is 0.108. The molecule has 0 bridgehead atoms. The van der Waals surface area contributed by atoms with Crippen LogP contribution in [0.3, 0.4) is 0 Å². The minimum atomic E-state index is -3.77. The van der Waals surface area contributed by atoms with Gasteiger partial charge < -0.3 is 14.0 Å². The van der Waals surface area contributed by atoms with Gasteiger partial charge in [-0.05, 0) is 57.4 Å². The summed E-state index contributed by atoms with van der Waals surface area (Å²) in [7, 11) is -4.20. The first-order valence-electron chi connectivity index (χ1n) is 9.14. The van der Waals surface area contributed by atoms with Gasteiger partial charge in [-0.25, -0.2) is 0 Å². The lowest BCUT2D eigenvalue weighted by Gasteiger charge is -2.32. The van der Waals surface area contributed by atoms with Crippen molar-refractivity contribution in [3.63, 3.8) is 0 Å². The predicted molar refractivity (Wildman–Crippen MR) is 107 cm³/mol. The smallest absolute Gasteiger partial charge is 0.491 e. The zero-order chi connectivity index (χ0) is 20.4. The Morgan fingerprint density at radius 2 is 1.43 bits per heavy atom. The molecule has 1 aliphatic heterocycles. The van der Waals surface area contributed by atoms with Gasteiger partial charge in [-0.15, -0.1) is 0 Å². The molecule has 2 aromatic rings. The maximum atomic E-state index is 12.0. The molecule has 0 saturated carbocycles. The third-order valence-corrected chi connectivity index (χ3v) is 6.35. The van der Waals surface area contributed by atoms with Crippen LogP contribution >= 0.6 is 0 Å². The molecule has 0 aliphatic carbocycles. The molecule has 1 aliphatic rings. The van der Waals surface area contributed by atoms with Crippen molar-refractivity contribution in [1.29, 1.82) is 0 Å². The monoisotopic (exact) mass is 404 g/mol. The van der Waals surface area contributed by atoms with E-state index in [1.54, 1.807) is 30.3 Å². The summed E-state index contributed by atoms with van der Waals surface area (Å²) < 4.78 is 46.7. The van der Waals surface area contributed by atoms with Crippen LogP contribution in [0, 0.1) is 0 Å². The Morgan fingerprint density at radius 1 is 0.857 bits per heavy atom. The number of ether oxygens (including phenoxy) is 1. The van der Waals surface area contributed by atoms with E-state index in [9.17, 15) is 8.42 Å². The van der Waals surface area contributed by atoms with E-state index in [-0.39, 0.29) is 18.1 Å². The highest BCUT2D eigenvalue weighted by Gasteiger charge is 2.51. The summed E-state index contributed by atoms with van der Waals surface area (Å²) in [6.45, 7) is 8.07. The van der Waals surface area contributed by atoms with Crippen molar-refractivity contribution in [2.45, 2.75) is 43.8 Å². The molecular formula is C20H25BO6S. The molecule has 8 heteroatoms. The number of hydrogen-bond acceptors (Lipinski definition) is 6. The van der Waals surface area contributed by atoms with Crippen molar-refractivity contribution >= 4 is 22.7 Å². The third-order valence-electron chi connectivity index (χ3n) is 5.03. The van der Waals surface area contributed by atoms with Gasteiger partial charge in [-0.2, -0.15) is 8.42 Å². The van der Waals surface area contributed by atoms with Gasteiger partial charge >= 0.3 is 7.12 Å². The van der Waals surface area contributed by atoms with Gasteiger partial charge in [0.15, 0.2) is 0 Å². The fourth-order valence-corrected chi connectivity index (χ4v) is 3.57. The van der Waals surface area contributed by atoms with Crippen molar-refractivity contribution < 1.29 is 26.6 Å². The third kappa shape index (κ3) is 4.58. The molecule has 1 fully saturated rings. The number of benzene rings is 2. The first-order valence-corrected chi connectivity index (χ1v) is 10.5. The van der Waals surface area contributed by atoms with E-state index in [4.69, 9.17) is 18.2 Å². The van der Waals surface area contributed by atoms with Crippen molar-refractivity contribution in [2.75, 3.05) is 13.2 Å². The Morgan fingerprint density at radius 3 is 2.00 bits per heavy atom. The highest BCUT2D eigenvalue weighted by atomic mass is 32.2. The second-order valence-corrected chi connectivity index (χ2v) is 9.21. The SMILES string of the molecule is CC1(C)OB(c2ccc(OCCOS(=O)(=O)c3ccccc3)cc2)OC1(C)C. The first kappa shape index (κ1) is 20.9. The van der Waals surface area contributed by atoms with Crippen LogP contribution in [0.2, 0.25) is 0 Å². The van der Waals surface area contributed by atoms with Gasteiger partial charge in [0.25, 0.3) is 10.1 Å². The minimum absolute atomic E-state index is 0.0732. The van der Waals surface area contributed by atoms with E-state index >= 15 is 0 Å². The summed E-state index contributed by atoms with van der Waals surface area (Å²) in [5, 5.41) is 0. The van der Waals surface area contributed by atoms with E-state index in [2.05, 4.69) is 0 Å². The zero-order valence-corrected chi connectivity index (χ0v) is 17.4. The average Bonchev–Trinajstić information content (AvgIpc) is 2.87. The molecule has 28 heavy (non-hydrogen) atoms. The van der Waals surface area contributed by atoms with Crippen LogP contribution in [-0.2, 0) is 23.6 Å². The van der Waals surface area contributed by atoms with Crippen LogP contribution < -0.4 is 10.2 Å². The normalized spacial score (nSPS) is 18.2. The van der Waals surface area contributed by atoms with Crippen molar-refractivity contribution in [1.82, 2.24) is 0 Å². The molecule has 1 saturated heterocycles. The Labute approximate surface area is 167 Å². The molecule has 6 nitrogen and oxygen atoms in total. The summed E-state index contributed by atoms with van der Waals surface area (Å²) in [6.07, 6.45) is 0. The van der Waals surface area contributed by atoms with Crippen LogP contribution in [0.5, 0.6) is 5.75 Å². The van der Waals surface area contributed by atoms with Crippen molar-refractivity contribution in [2.24, 2.45) is 0 Å². The quantitative estimate of drug-likeness (QED) is 0.402. The maximum absolute atomic E-state index is 12.0. The molecule has 0 atom stereocenters. The number of rotatable bonds is 7. The zero-order valence-electron chi connectivity index (χ0n) is 16.5. The lowest BCUT2D eigenvalue weighted by Crippen LogP contribution is -2.41. The van der Waals surface area contributed by atoms with Crippen molar-refractivity contribution in [3.05, 3.63) is 54.6 Å². The molecule has 0 unspecified atom stereocenters. The summed E-state index contributed by atoms with van der Waals surface area (Å²) in [4.78, 5) is 0.127. The van der Waals surface area contributed by atoms with E-state index < -0.39 is 28.4 Å². The van der Waals surface area contributed by atoms with Crippen LogP contribution in [0.15, 0.2) is 59.5 Å². The fourth-order valence-electron chi connectivity index (χ4n) is 2.66. The van der Waals surface area contributed by atoms with E-state index in [0.717, 1.165) is 5.46 Å². The molecular weight excluding hydrogens is 379 g/mol. The molecule has 0 amide bonds. The van der Waals surface area contributed by atoms with E-state index in [1.807, 2.05) is 39.8 Å². The fraction of sp³-hybridized carbons (Fsp3) is 0.400. The van der Waals surface area contributed by atoms with Gasteiger partial charge in [0.1, 0.15) is 19.0 Å². The van der Waals surface area contributed by atoms with Gasteiger partial charge in [0.05, 0.1) is 16.1 Å². The standard InChI is InChI=1S/C20H25BO6S/c1-19(2)20(3,4)27-21(26-19)16-10-12-17(13-11-16)24-14-15-25-28(22,23)18-8-6-5-7-9-18/h5-13H,14-15H2,1-4H3. The lowest BCUT2D eigenvalue weighted by molar-refractivity contribution is 0.00578.